The molecule has 23 heavy (non-hydrogen) atoms. The van der Waals surface area contributed by atoms with Crippen molar-refractivity contribution in [3.63, 3.8) is 0 Å². The first-order chi connectivity index (χ1) is 11.2. The topological polar surface area (TPSA) is 71.5 Å². The molecule has 0 aliphatic carbocycles. The quantitative estimate of drug-likeness (QED) is 0.881. The summed E-state index contributed by atoms with van der Waals surface area (Å²) in [5.41, 5.74) is 1.08. The number of nitrogens with one attached hydrogen (secondary N) is 1. The maximum atomic E-state index is 11.9. The van der Waals surface area contributed by atoms with Gasteiger partial charge >= 0.3 is 6.09 Å². The van der Waals surface area contributed by atoms with E-state index in [1.54, 1.807) is 17.3 Å². The molecule has 1 fully saturated rings. The second kappa shape index (κ2) is 7.23. The van der Waals surface area contributed by atoms with Crippen LogP contribution in [0.15, 0.2) is 42.0 Å². The number of anilines is 1. The summed E-state index contributed by atoms with van der Waals surface area (Å²) >= 11 is 1.49. The van der Waals surface area contributed by atoms with Gasteiger partial charge in [0.25, 0.3) is 0 Å². The molecule has 2 amide bonds. The molecule has 1 atom stereocenters. The molecule has 2 aromatic rings. The van der Waals surface area contributed by atoms with Gasteiger partial charge in [0.1, 0.15) is 11.1 Å². The second-order valence-corrected chi connectivity index (χ2v) is 6.15. The van der Waals surface area contributed by atoms with E-state index in [9.17, 15) is 9.59 Å². The Balaban J connectivity index is 1.42. The van der Waals surface area contributed by atoms with Crippen molar-refractivity contribution in [2.75, 3.05) is 18.0 Å². The molecular weight excluding hydrogens is 314 g/mol. The maximum Gasteiger partial charge on any atom is 0.415 e. The first kappa shape index (κ1) is 15.5. The maximum absolute atomic E-state index is 11.9. The molecule has 1 aliphatic heterocycles. The number of nitrogens with zero attached hydrogens (tertiary/aromatic N) is 2. The minimum absolute atomic E-state index is 0.0487. The summed E-state index contributed by atoms with van der Waals surface area (Å²) in [7, 11) is 0. The summed E-state index contributed by atoms with van der Waals surface area (Å²) in [6.45, 7) is 0.798. The Hall–Kier alpha value is -2.41. The lowest BCUT2D eigenvalue weighted by Crippen LogP contribution is -2.34. The molecule has 0 spiro atoms. The zero-order chi connectivity index (χ0) is 16.1. The average molecular weight is 331 g/mol. The van der Waals surface area contributed by atoms with Crippen LogP contribution in [0.3, 0.4) is 0 Å². The van der Waals surface area contributed by atoms with Gasteiger partial charge in [0.2, 0.25) is 5.91 Å². The van der Waals surface area contributed by atoms with Crippen LogP contribution >= 0.6 is 11.3 Å². The van der Waals surface area contributed by atoms with Crippen LogP contribution in [-0.4, -0.2) is 36.2 Å². The molecule has 3 heterocycles. The SMILES string of the molecule is O=C(CCc1ccncc1)NCC1CN(c2cccs2)C(=O)O1. The van der Waals surface area contributed by atoms with Crippen molar-refractivity contribution in [3.8, 4) is 0 Å². The highest BCUT2D eigenvalue weighted by atomic mass is 32.1. The average Bonchev–Trinajstić information content (AvgIpc) is 3.21. The van der Waals surface area contributed by atoms with Gasteiger partial charge in [-0.1, -0.05) is 0 Å². The lowest BCUT2D eigenvalue weighted by molar-refractivity contribution is -0.121. The number of aryl methyl sites for hydroxylation is 1. The van der Waals surface area contributed by atoms with E-state index in [1.807, 2.05) is 29.6 Å². The first-order valence-corrected chi connectivity index (χ1v) is 8.27. The monoisotopic (exact) mass is 331 g/mol. The summed E-state index contributed by atoms with van der Waals surface area (Å²) < 4.78 is 5.28. The zero-order valence-electron chi connectivity index (χ0n) is 12.5. The van der Waals surface area contributed by atoms with Crippen LogP contribution in [0.2, 0.25) is 0 Å². The lowest BCUT2D eigenvalue weighted by atomic mass is 10.1. The summed E-state index contributed by atoms with van der Waals surface area (Å²) in [6, 6.07) is 7.55. The largest absolute Gasteiger partial charge is 0.442 e. The Morgan fingerprint density at radius 2 is 2.22 bits per heavy atom. The van der Waals surface area contributed by atoms with Crippen molar-refractivity contribution in [1.82, 2.24) is 10.3 Å². The van der Waals surface area contributed by atoms with Crippen molar-refractivity contribution in [2.45, 2.75) is 18.9 Å². The molecule has 0 aromatic carbocycles. The molecule has 0 bridgehead atoms. The van der Waals surface area contributed by atoms with E-state index in [0.717, 1.165) is 10.6 Å². The van der Waals surface area contributed by atoms with Gasteiger partial charge in [-0.15, -0.1) is 11.3 Å². The van der Waals surface area contributed by atoms with Crippen molar-refractivity contribution < 1.29 is 14.3 Å². The molecule has 1 saturated heterocycles. The predicted octanol–water partition coefficient (Wildman–Crippen LogP) is 2.22. The number of carbonyl (C=O) groups is 2. The highest BCUT2D eigenvalue weighted by Gasteiger charge is 2.32. The number of hydrogen-bond donors (Lipinski definition) is 1. The van der Waals surface area contributed by atoms with Crippen molar-refractivity contribution in [1.29, 1.82) is 0 Å². The number of carbonyl (C=O) groups excluding carboxylic acids is 2. The number of amides is 2. The summed E-state index contributed by atoms with van der Waals surface area (Å²) in [5, 5.41) is 5.60. The van der Waals surface area contributed by atoms with Crippen molar-refractivity contribution in [2.24, 2.45) is 0 Å². The molecule has 6 nitrogen and oxygen atoms in total. The zero-order valence-corrected chi connectivity index (χ0v) is 13.3. The molecule has 1 unspecified atom stereocenters. The standard InChI is InChI=1S/C16H17N3O3S/c20-14(4-3-12-5-7-17-8-6-12)18-10-13-11-19(16(21)22-13)15-2-1-9-23-15/h1-2,5-9,13H,3-4,10-11H2,(H,18,20). The van der Waals surface area contributed by atoms with Gasteiger partial charge in [0.15, 0.2) is 0 Å². The number of pyridine rings is 1. The van der Waals surface area contributed by atoms with Crippen molar-refractivity contribution >= 4 is 28.3 Å². The van der Waals surface area contributed by atoms with E-state index in [0.29, 0.717) is 25.9 Å². The lowest BCUT2D eigenvalue weighted by Gasteiger charge is -2.10. The number of cyclic esters (lactones) is 1. The van der Waals surface area contributed by atoms with Gasteiger partial charge in [-0.3, -0.25) is 14.7 Å². The molecule has 3 rings (SSSR count). The number of hydrogen-bond acceptors (Lipinski definition) is 5. The van der Waals surface area contributed by atoms with E-state index in [1.165, 1.54) is 11.3 Å². The van der Waals surface area contributed by atoms with E-state index >= 15 is 0 Å². The fourth-order valence-corrected chi connectivity index (χ4v) is 3.08. The Kier molecular flexibility index (Phi) is 4.87. The summed E-state index contributed by atoms with van der Waals surface area (Å²) in [6.07, 6.45) is 3.83. The summed E-state index contributed by atoms with van der Waals surface area (Å²) in [5.74, 6) is -0.0487. The molecule has 0 saturated carbocycles. The smallest absolute Gasteiger partial charge is 0.415 e. The van der Waals surface area contributed by atoms with E-state index in [4.69, 9.17) is 4.74 Å². The van der Waals surface area contributed by atoms with Crippen LogP contribution in [0.25, 0.3) is 0 Å². The number of aromatic nitrogens is 1. The summed E-state index contributed by atoms with van der Waals surface area (Å²) in [4.78, 5) is 29.3. The molecule has 7 heteroatoms. The molecule has 120 valence electrons. The van der Waals surface area contributed by atoms with Gasteiger partial charge in [0.05, 0.1) is 13.1 Å². The normalized spacial score (nSPS) is 17.1. The van der Waals surface area contributed by atoms with Gasteiger partial charge < -0.3 is 10.1 Å². The van der Waals surface area contributed by atoms with Crippen LogP contribution in [0.4, 0.5) is 9.80 Å². The molecule has 2 aromatic heterocycles. The van der Waals surface area contributed by atoms with Crippen LogP contribution in [0, 0.1) is 0 Å². The third kappa shape index (κ3) is 4.07. The highest BCUT2D eigenvalue weighted by molar-refractivity contribution is 7.14. The first-order valence-electron chi connectivity index (χ1n) is 7.39. The van der Waals surface area contributed by atoms with Crippen LogP contribution in [0.5, 0.6) is 0 Å². The second-order valence-electron chi connectivity index (χ2n) is 5.23. The number of ether oxygens (including phenoxy) is 1. The highest BCUT2D eigenvalue weighted by Crippen LogP contribution is 2.26. The number of rotatable bonds is 6. The van der Waals surface area contributed by atoms with Gasteiger partial charge in [0, 0.05) is 18.8 Å². The van der Waals surface area contributed by atoms with E-state index < -0.39 is 0 Å². The molecular formula is C16H17N3O3S. The van der Waals surface area contributed by atoms with Crippen LogP contribution < -0.4 is 10.2 Å². The number of thiophene rings is 1. The van der Waals surface area contributed by atoms with Crippen molar-refractivity contribution in [3.05, 3.63) is 47.6 Å². The minimum atomic E-state index is -0.358. The van der Waals surface area contributed by atoms with E-state index in [2.05, 4.69) is 10.3 Å². The molecule has 1 aliphatic rings. The van der Waals surface area contributed by atoms with Gasteiger partial charge in [-0.2, -0.15) is 0 Å². The molecule has 0 radical (unpaired) electrons. The predicted molar refractivity (Wildman–Crippen MR) is 87.5 cm³/mol. The Morgan fingerprint density at radius 1 is 1.39 bits per heavy atom. The molecule has 1 N–H and O–H groups in total. The van der Waals surface area contributed by atoms with E-state index in [-0.39, 0.29) is 18.1 Å². The van der Waals surface area contributed by atoms with Crippen LogP contribution in [0.1, 0.15) is 12.0 Å². The Labute approximate surface area is 138 Å². The Bertz CT molecular complexity index is 660. The fourth-order valence-electron chi connectivity index (χ4n) is 2.35. The third-order valence-electron chi connectivity index (χ3n) is 3.56. The van der Waals surface area contributed by atoms with Crippen LogP contribution in [-0.2, 0) is 16.0 Å². The van der Waals surface area contributed by atoms with Gasteiger partial charge in [-0.05, 0) is 41.6 Å². The third-order valence-corrected chi connectivity index (χ3v) is 4.45. The Morgan fingerprint density at radius 3 is 2.96 bits per heavy atom. The minimum Gasteiger partial charge on any atom is -0.442 e. The fraction of sp³-hybridized carbons (Fsp3) is 0.312. The van der Waals surface area contributed by atoms with Gasteiger partial charge in [-0.25, -0.2) is 4.79 Å².